The Balaban J connectivity index is 2.52. The molecule has 0 amide bonds. The molecule has 0 aliphatic heterocycles. The van der Waals surface area contributed by atoms with Crippen molar-refractivity contribution in [3.05, 3.63) is 69.5 Å². The molecule has 0 nitrogen and oxygen atoms in total. The maximum atomic E-state index is 13.3. The lowest BCUT2D eigenvalue weighted by atomic mass is 10.00. The molecule has 0 heterocycles. The van der Waals surface area contributed by atoms with Crippen molar-refractivity contribution in [1.82, 2.24) is 0 Å². The number of alkyl halides is 1. The van der Waals surface area contributed by atoms with Gasteiger partial charge in [0.25, 0.3) is 0 Å². The molecule has 0 spiro atoms. The lowest BCUT2D eigenvalue weighted by Gasteiger charge is -2.15. The predicted octanol–water partition coefficient (Wildman–Crippen LogP) is 5.55. The normalized spacial score (nSPS) is 12.5. The van der Waals surface area contributed by atoms with Crippen LogP contribution in [0.5, 0.6) is 0 Å². The zero-order valence-electron chi connectivity index (χ0n) is 9.85. The number of benzene rings is 2. The highest BCUT2D eigenvalue weighted by molar-refractivity contribution is 9.09. The van der Waals surface area contributed by atoms with Crippen molar-refractivity contribution < 1.29 is 13.2 Å². The second-order valence-corrected chi connectivity index (χ2v) is 5.47. The molecule has 0 saturated carbocycles. The Morgan fingerprint density at radius 2 is 1.63 bits per heavy atom. The van der Waals surface area contributed by atoms with E-state index in [2.05, 4.69) is 15.9 Å². The van der Waals surface area contributed by atoms with E-state index in [9.17, 15) is 13.2 Å². The first-order valence-corrected chi connectivity index (χ1v) is 6.74. The molecule has 0 aliphatic rings. The average molecular weight is 350 g/mol. The minimum absolute atomic E-state index is 0.0874. The van der Waals surface area contributed by atoms with Crippen molar-refractivity contribution in [2.75, 3.05) is 0 Å². The Kier molecular flexibility index (Phi) is 4.21. The summed E-state index contributed by atoms with van der Waals surface area (Å²) in [4.78, 5) is -0.509. The third-order valence-corrected chi connectivity index (χ3v) is 4.14. The average Bonchev–Trinajstić information content (AvgIpc) is 2.36. The molecule has 0 bridgehead atoms. The van der Waals surface area contributed by atoms with E-state index in [0.717, 1.165) is 17.7 Å². The molecule has 1 unspecified atom stereocenters. The topological polar surface area (TPSA) is 0 Å². The Hall–Kier alpha value is -1.00. The lowest BCUT2D eigenvalue weighted by Crippen LogP contribution is -2.00. The summed E-state index contributed by atoms with van der Waals surface area (Å²) < 4.78 is 39.6. The Bertz CT molecular complexity index is 628. The van der Waals surface area contributed by atoms with Crippen LogP contribution in [-0.4, -0.2) is 0 Å². The van der Waals surface area contributed by atoms with Crippen LogP contribution in [0.1, 0.15) is 21.5 Å². The van der Waals surface area contributed by atoms with Gasteiger partial charge in [-0.1, -0.05) is 33.6 Å². The van der Waals surface area contributed by atoms with Gasteiger partial charge in [-0.15, -0.1) is 0 Å². The van der Waals surface area contributed by atoms with Gasteiger partial charge in [-0.05, 0) is 47.9 Å². The molecule has 19 heavy (non-hydrogen) atoms. The molecule has 0 saturated heterocycles. The van der Waals surface area contributed by atoms with Crippen LogP contribution in [-0.2, 0) is 0 Å². The second kappa shape index (κ2) is 5.55. The SMILES string of the molecule is Cc1ccc(F)cc1C(Br)c1cc(F)c(F)cc1Cl. The van der Waals surface area contributed by atoms with Crippen LogP contribution in [0.25, 0.3) is 0 Å². The van der Waals surface area contributed by atoms with Gasteiger partial charge in [-0.3, -0.25) is 0 Å². The van der Waals surface area contributed by atoms with Crippen molar-refractivity contribution in [3.63, 3.8) is 0 Å². The summed E-state index contributed by atoms with van der Waals surface area (Å²) in [5.41, 5.74) is 1.80. The molecule has 5 heteroatoms. The molecular formula is C14H9BrClF3. The van der Waals surface area contributed by atoms with E-state index < -0.39 is 22.3 Å². The molecular weight excluding hydrogens is 341 g/mol. The molecule has 2 aromatic rings. The van der Waals surface area contributed by atoms with E-state index in [1.54, 1.807) is 13.0 Å². The minimum atomic E-state index is -1.01. The van der Waals surface area contributed by atoms with Crippen LogP contribution in [0, 0.1) is 24.4 Å². The number of aryl methyl sites for hydroxylation is 1. The van der Waals surface area contributed by atoms with Crippen LogP contribution in [0.15, 0.2) is 30.3 Å². The number of hydrogen-bond donors (Lipinski definition) is 0. The van der Waals surface area contributed by atoms with Gasteiger partial charge in [0.05, 0.1) is 4.83 Å². The molecule has 1 atom stereocenters. The van der Waals surface area contributed by atoms with Crippen molar-refractivity contribution in [1.29, 1.82) is 0 Å². The van der Waals surface area contributed by atoms with Crippen LogP contribution in [0.3, 0.4) is 0 Å². The molecule has 0 fully saturated rings. The summed E-state index contributed by atoms with van der Waals surface area (Å²) in [5.74, 6) is -2.40. The lowest BCUT2D eigenvalue weighted by molar-refractivity contribution is 0.507. The van der Waals surface area contributed by atoms with Gasteiger partial charge in [0.1, 0.15) is 5.82 Å². The molecule has 100 valence electrons. The summed E-state index contributed by atoms with van der Waals surface area (Å²) in [6.07, 6.45) is 0. The van der Waals surface area contributed by atoms with Gasteiger partial charge in [-0.25, -0.2) is 13.2 Å². The molecule has 0 aliphatic carbocycles. The first-order chi connectivity index (χ1) is 8.90. The molecule has 2 aromatic carbocycles. The van der Waals surface area contributed by atoms with E-state index >= 15 is 0 Å². The highest BCUT2D eigenvalue weighted by atomic mass is 79.9. The number of halogens is 5. The largest absolute Gasteiger partial charge is 0.207 e. The third-order valence-electron chi connectivity index (χ3n) is 2.83. The van der Waals surface area contributed by atoms with E-state index in [1.165, 1.54) is 12.1 Å². The first-order valence-electron chi connectivity index (χ1n) is 5.44. The van der Waals surface area contributed by atoms with Crippen LogP contribution < -0.4 is 0 Å². The highest BCUT2D eigenvalue weighted by Gasteiger charge is 2.19. The Morgan fingerprint density at radius 1 is 1.00 bits per heavy atom. The van der Waals surface area contributed by atoms with Gasteiger partial charge in [-0.2, -0.15) is 0 Å². The molecule has 2 rings (SSSR count). The van der Waals surface area contributed by atoms with Crippen molar-refractivity contribution in [3.8, 4) is 0 Å². The zero-order valence-corrected chi connectivity index (χ0v) is 12.2. The fourth-order valence-corrected chi connectivity index (χ4v) is 3.05. The van der Waals surface area contributed by atoms with E-state index in [4.69, 9.17) is 11.6 Å². The van der Waals surface area contributed by atoms with E-state index in [1.807, 2.05) is 0 Å². The quantitative estimate of drug-likeness (QED) is 0.492. The van der Waals surface area contributed by atoms with Gasteiger partial charge in [0, 0.05) is 5.02 Å². The standard InChI is InChI=1S/C14H9BrClF3/c1-7-2-3-8(17)4-9(7)14(15)10-5-12(18)13(19)6-11(10)16/h2-6,14H,1H3. The Morgan fingerprint density at radius 3 is 2.32 bits per heavy atom. The van der Waals surface area contributed by atoms with Crippen molar-refractivity contribution in [2.24, 2.45) is 0 Å². The van der Waals surface area contributed by atoms with Crippen molar-refractivity contribution in [2.45, 2.75) is 11.8 Å². The summed E-state index contributed by atoms with van der Waals surface area (Å²) in [5, 5.41) is 0.0874. The number of rotatable bonds is 2. The molecule has 0 aromatic heterocycles. The Labute approximate surface area is 122 Å². The fourth-order valence-electron chi connectivity index (χ4n) is 1.78. The summed E-state index contributed by atoms with van der Waals surface area (Å²) >= 11 is 9.26. The summed E-state index contributed by atoms with van der Waals surface area (Å²) in [6.45, 7) is 1.80. The van der Waals surface area contributed by atoms with Gasteiger partial charge in [0.2, 0.25) is 0 Å². The fraction of sp³-hybridized carbons (Fsp3) is 0.143. The monoisotopic (exact) mass is 348 g/mol. The summed E-state index contributed by atoms with van der Waals surface area (Å²) in [6, 6.07) is 6.22. The minimum Gasteiger partial charge on any atom is -0.207 e. The predicted molar refractivity (Wildman–Crippen MR) is 73.3 cm³/mol. The number of hydrogen-bond acceptors (Lipinski definition) is 0. The maximum Gasteiger partial charge on any atom is 0.160 e. The third kappa shape index (κ3) is 2.95. The molecule has 0 N–H and O–H groups in total. The van der Waals surface area contributed by atoms with Crippen LogP contribution in [0.2, 0.25) is 5.02 Å². The van der Waals surface area contributed by atoms with E-state index in [-0.39, 0.29) is 5.02 Å². The highest BCUT2D eigenvalue weighted by Crippen LogP contribution is 2.37. The van der Waals surface area contributed by atoms with Crippen LogP contribution >= 0.6 is 27.5 Å². The van der Waals surface area contributed by atoms with Gasteiger partial charge >= 0.3 is 0 Å². The molecule has 0 radical (unpaired) electrons. The van der Waals surface area contributed by atoms with E-state index in [0.29, 0.717) is 11.1 Å². The zero-order chi connectivity index (χ0) is 14.2. The summed E-state index contributed by atoms with van der Waals surface area (Å²) in [7, 11) is 0. The maximum absolute atomic E-state index is 13.3. The first kappa shape index (κ1) is 14.4. The van der Waals surface area contributed by atoms with Gasteiger partial charge < -0.3 is 0 Å². The van der Waals surface area contributed by atoms with Crippen LogP contribution in [0.4, 0.5) is 13.2 Å². The smallest absolute Gasteiger partial charge is 0.160 e. The van der Waals surface area contributed by atoms with Crippen molar-refractivity contribution >= 4 is 27.5 Å². The second-order valence-electron chi connectivity index (χ2n) is 4.15. The van der Waals surface area contributed by atoms with Gasteiger partial charge in [0.15, 0.2) is 11.6 Å².